The molecule has 1 aliphatic heterocycles. The SMILES string of the molecule is COCCCN1CCCC(C(=N)c2ccc3cc(OC)ccc3c2)C1. The van der Waals surface area contributed by atoms with Crippen molar-refractivity contribution >= 4 is 16.5 Å². The zero-order valence-electron chi connectivity index (χ0n) is 15.3. The van der Waals surface area contributed by atoms with Gasteiger partial charge in [0.15, 0.2) is 0 Å². The Morgan fingerprint density at radius 2 is 1.96 bits per heavy atom. The minimum Gasteiger partial charge on any atom is -0.497 e. The molecule has 0 amide bonds. The third kappa shape index (κ3) is 4.39. The van der Waals surface area contributed by atoms with E-state index in [0.717, 1.165) is 66.9 Å². The standard InChI is InChI=1S/C21H28N2O2/c1-24-12-4-11-23-10-3-5-19(15-23)21(22)18-7-6-17-14-20(25-2)9-8-16(17)13-18/h6-9,13-14,19,22H,3-5,10-12,15H2,1-2H3. The fourth-order valence-electron chi connectivity index (χ4n) is 3.68. The zero-order chi connectivity index (χ0) is 17.6. The van der Waals surface area contributed by atoms with Crippen LogP contribution in [0.2, 0.25) is 0 Å². The van der Waals surface area contributed by atoms with Crippen LogP contribution in [0, 0.1) is 11.3 Å². The number of hydrogen-bond acceptors (Lipinski definition) is 4. The van der Waals surface area contributed by atoms with Gasteiger partial charge in [-0.15, -0.1) is 0 Å². The van der Waals surface area contributed by atoms with E-state index in [2.05, 4.69) is 29.2 Å². The lowest BCUT2D eigenvalue weighted by Gasteiger charge is -2.33. The van der Waals surface area contributed by atoms with Gasteiger partial charge in [-0.3, -0.25) is 0 Å². The Balaban J connectivity index is 1.70. The van der Waals surface area contributed by atoms with Crippen LogP contribution in [-0.4, -0.2) is 51.1 Å². The van der Waals surface area contributed by atoms with Crippen LogP contribution in [0.15, 0.2) is 36.4 Å². The van der Waals surface area contributed by atoms with Gasteiger partial charge in [-0.1, -0.05) is 18.2 Å². The van der Waals surface area contributed by atoms with Gasteiger partial charge in [0.2, 0.25) is 0 Å². The highest BCUT2D eigenvalue weighted by Crippen LogP contribution is 2.25. The summed E-state index contributed by atoms with van der Waals surface area (Å²) in [7, 11) is 3.44. The Kier molecular flexibility index (Phi) is 6.05. The normalized spacial score (nSPS) is 18.4. The molecule has 0 saturated carbocycles. The van der Waals surface area contributed by atoms with E-state index < -0.39 is 0 Å². The predicted octanol–water partition coefficient (Wildman–Crippen LogP) is 3.96. The first-order chi connectivity index (χ1) is 12.2. The van der Waals surface area contributed by atoms with Crippen LogP contribution in [0.4, 0.5) is 0 Å². The van der Waals surface area contributed by atoms with Crippen molar-refractivity contribution in [2.24, 2.45) is 5.92 Å². The molecule has 0 spiro atoms. The number of nitrogens with one attached hydrogen (secondary N) is 1. The number of methoxy groups -OCH3 is 2. The topological polar surface area (TPSA) is 45.5 Å². The summed E-state index contributed by atoms with van der Waals surface area (Å²) in [6.07, 6.45) is 3.35. The molecule has 4 nitrogen and oxygen atoms in total. The van der Waals surface area contributed by atoms with Crippen LogP contribution in [0.1, 0.15) is 24.8 Å². The number of nitrogens with zero attached hydrogens (tertiary/aromatic N) is 1. The first kappa shape index (κ1) is 17.9. The summed E-state index contributed by atoms with van der Waals surface area (Å²) in [6, 6.07) is 12.4. The number of rotatable bonds is 7. The van der Waals surface area contributed by atoms with Gasteiger partial charge in [0.05, 0.1) is 7.11 Å². The molecule has 2 aromatic rings. The van der Waals surface area contributed by atoms with Crippen molar-refractivity contribution in [1.29, 1.82) is 5.41 Å². The van der Waals surface area contributed by atoms with Gasteiger partial charge in [-0.25, -0.2) is 0 Å². The first-order valence-electron chi connectivity index (χ1n) is 9.09. The van der Waals surface area contributed by atoms with Crippen molar-refractivity contribution in [3.8, 4) is 5.75 Å². The van der Waals surface area contributed by atoms with Crippen molar-refractivity contribution in [3.05, 3.63) is 42.0 Å². The average molecular weight is 340 g/mol. The molecule has 0 bridgehead atoms. The number of ether oxygens (including phenoxy) is 2. The number of fused-ring (bicyclic) bond motifs is 1. The van der Waals surface area contributed by atoms with Gasteiger partial charge in [-0.2, -0.15) is 0 Å². The number of benzene rings is 2. The molecule has 1 fully saturated rings. The number of piperidine rings is 1. The van der Waals surface area contributed by atoms with Crippen LogP contribution in [0.25, 0.3) is 10.8 Å². The van der Waals surface area contributed by atoms with E-state index in [1.165, 1.54) is 6.42 Å². The molecule has 1 aliphatic rings. The van der Waals surface area contributed by atoms with Crippen LogP contribution in [0.5, 0.6) is 5.75 Å². The third-order valence-electron chi connectivity index (χ3n) is 5.09. The minimum atomic E-state index is 0.326. The maximum Gasteiger partial charge on any atom is 0.119 e. The van der Waals surface area contributed by atoms with Gasteiger partial charge in [0, 0.05) is 38.4 Å². The smallest absolute Gasteiger partial charge is 0.119 e. The molecule has 2 aromatic carbocycles. The van der Waals surface area contributed by atoms with Gasteiger partial charge in [-0.05, 0) is 60.3 Å². The monoisotopic (exact) mass is 340 g/mol. The lowest BCUT2D eigenvalue weighted by Crippen LogP contribution is -2.39. The van der Waals surface area contributed by atoms with Crippen LogP contribution < -0.4 is 4.74 Å². The van der Waals surface area contributed by atoms with E-state index in [9.17, 15) is 0 Å². The lowest BCUT2D eigenvalue weighted by molar-refractivity contribution is 0.154. The highest BCUT2D eigenvalue weighted by molar-refractivity contribution is 6.03. The minimum absolute atomic E-state index is 0.326. The summed E-state index contributed by atoms with van der Waals surface area (Å²) in [5.74, 6) is 1.20. The van der Waals surface area contributed by atoms with E-state index >= 15 is 0 Å². The molecule has 0 aromatic heterocycles. The second-order valence-corrected chi connectivity index (χ2v) is 6.83. The largest absolute Gasteiger partial charge is 0.497 e. The van der Waals surface area contributed by atoms with Gasteiger partial charge in [0.25, 0.3) is 0 Å². The molecule has 1 saturated heterocycles. The van der Waals surface area contributed by atoms with Crippen molar-refractivity contribution in [1.82, 2.24) is 4.90 Å². The number of likely N-dealkylation sites (tertiary alicyclic amines) is 1. The predicted molar refractivity (Wildman–Crippen MR) is 103 cm³/mol. The summed E-state index contributed by atoms with van der Waals surface area (Å²) >= 11 is 0. The zero-order valence-corrected chi connectivity index (χ0v) is 15.3. The fraction of sp³-hybridized carbons (Fsp3) is 0.476. The van der Waals surface area contributed by atoms with E-state index in [1.54, 1.807) is 14.2 Å². The second-order valence-electron chi connectivity index (χ2n) is 6.83. The first-order valence-corrected chi connectivity index (χ1v) is 9.09. The molecule has 4 heteroatoms. The molecule has 1 heterocycles. The maximum atomic E-state index is 8.71. The van der Waals surface area contributed by atoms with Gasteiger partial charge in [0.1, 0.15) is 5.75 Å². The highest BCUT2D eigenvalue weighted by Gasteiger charge is 2.24. The summed E-state index contributed by atoms with van der Waals surface area (Å²) in [4.78, 5) is 2.48. The molecule has 3 rings (SSSR count). The highest BCUT2D eigenvalue weighted by atomic mass is 16.5. The lowest BCUT2D eigenvalue weighted by atomic mass is 9.88. The Hall–Kier alpha value is -1.91. The molecule has 1 unspecified atom stereocenters. The summed E-state index contributed by atoms with van der Waals surface area (Å²) in [6.45, 7) is 4.01. The Morgan fingerprint density at radius 1 is 1.16 bits per heavy atom. The molecular formula is C21H28N2O2. The van der Waals surface area contributed by atoms with E-state index in [0.29, 0.717) is 5.92 Å². The molecule has 25 heavy (non-hydrogen) atoms. The fourth-order valence-corrected chi connectivity index (χ4v) is 3.68. The molecule has 1 N–H and O–H groups in total. The van der Waals surface area contributed by atoms with Crippen molar-refractivity contribution in [3.63, 3.8) is 0 Å². The van der Waals surface area contributed by atoms with E-state index in [4.69, 9.17) is 14.9 Å². The van der Waals surface area contributed by atoms with Crippen LogP contribution in [-0.2, 0) is 4.74 Å². The summed E-state index contributed by atoms with van der Waals surface area (Å²) in [5, 5.41) is 11.0. The van der Waals surface area contributed by atoms with Crippen molar-refractivity contribution in [2.75, 3.05) is 40.5 Å². The second kappa shape index (κ2) is 8.45. The summed E-state index contributed by atoms with van der Waals surface area (Å²) < 4.78 is 10.4. The van der Waals surface area contributed by atoms with E-state index in [-0.39, 0.29) is 0 Å². The van der Waals surface area contributed by atoms with Gasteiger partial charge < -0.3 is 19.8 Å². The quantitative estimate of drug-likeness (QED) is 0.613. The summed E-state index contributed by atoms with van der Waals surface area (Å²) in [5.41, 5.74) is 1.82. The Labute approximate surface area is 150 Å². The average Bonchev–Trinajstić information content (AvgIpc) is 2.67. The molecule has 1 atom stereocenters. The molecule has 134 valence electrons. The Morgan fingerprint density at radius 3 is 2.76 bits per heavy atom. The van der Waals surface area contributed by atoms with Crippen molar-refractivity contribution in [2.45, 2.75) is 19.3 Å². The Bertz CT molecular complexity index is 729. The molecule has 0 radical (unpaired) electrons. The van der Waals surface area contributed by atoms with E-state index in [1.807, 2.05) is 12.1 Å². The van der Waals surface area contributed by atoms with Crippen LogP contribution in [0.3, 0.4) is 0 Å². The molecule has 0 aliphatic carbocycles. The van der Waals surface area contributed by atoms with Crippen molar-refractivity contribution < 1.29 is 9.47 Å². The third-order valence-corrected chi connectivity index (χ3v) is 5.09. The number of hydrogen-bond donors (Lipinski definition) is 1. The molecular weight excluding hydrogens is 312 g/mol. The van der Waals surface area contributed by atoms with Crippen LogP contribution >= 0.6 is 0 Å². The maximum absolute atomic E-state index is 8.71. The van der Waals surface area contributed by atoms with Gasteiger partial charge >= 0.3 is 0 Å².